The number of hydrogen-bond donors (Lipinski definition) is 0. The topological polar surface area (TPSA) is 26.3 Å². The Bertz CT molecular complexity index is 488. The lowest BCUT2D eigenvalue weighted by atomic mass is 9.83. The lowest BCUT2D eigenvalue weighted by molar-refractivity contribution is -0.138. The lowest BCUT2D eigenvalue weighted by Crippen LogP contribution is -2.19. The van der Waals surface area contributed by atoms with Crippen molar-refractivity contribution in [2.24, 2.45) is 5.92 Å². The van der Waals surface area contributed by atoms with E-state index in [2.05, 4.69) is 0 Å². The summed E-state index contributed by atoms with van der Waals surface area (Å²) < 4.78 is 43.5. The molecular formula is C15H17F3O2. The smallest absolute Gasteiger partial charge is 0.419 e. The maximum atomic E-state index is 12.9. The van der Waals surface area contributed by atoms with Gasteiger partial charge in [0.1, 0.15) is 5.75 Å². The quantitative estimate of drug-likeness (QED) is 0.766. The van der Waals surface area contributed by atoms with Crippen molar-refractivity contribution in [2.75, 3.05) is 7.11 Å². The molecule has 0 heterocycles. The average molecular weight is 286 g/mol. The zero-order valence-corrected chi connectivity index (χ0v) is 11.3. The van der Waals surface area contributed by atoms with Gasteiger partial charge in [-0.3, -0.25) is 4.79 Å². The molecule has 0 amide bonds. The Morgan fingerprint density at radius 1 is 1.20 bits per heavy atom. The van der Waals surface area contributed by atoms with Crippen LogP contribution < -0.4 is 4.74 Å². The Morgan fingerprint density at radius 3 is 2.40 bits per heavy atom. The molecule has 0 radical (unpaired) electrons. The van der Waals surface area contributed by atoms with Crippen LogP contribution in [-0.4, -0.2) is 12.9 Å². The highest BCUT2D eigenvalue weighted by molar-refractivity contribution is 5.98. The second-order valence-corrected chi connectivity index (χ2v) is 5.11. The van der Waals surface area contributed by atoms with E-state index in [0.717, 1.165) is 38.2 Å². The molecule has 0 unspecified atom stereocenters. The van der Waals surface area contributed by atoms with Gasteiger partial charge in [0.25, 0.3) is 0 Å². The number of ether oxygens (including phenoxy) is 1. The molecule has 110 valence electrons. The maximum Gasteiger partial charge on any atom is 0.419 e. The summed E-state index contributed by atoms with van der Waals surface area (Å²) in [6.07, 6.45) is 0.0597. The second-order valence-electron chi connectivity index (χ2n) is 5.11. The van der Waals surface area contributed by atoms with Gasteiger partial charge in [-0.1, -0.05) is 19.3 Å². The number of ketones is 1. The van der Waals surface area contributed by atoms with E-state index in [1.807, 2.05) is 0 Å². The second kappa shape index (κ2) is 5.85. The highest BCUT2D eigenvalue weighted by Gasteiger charge is 2.35. The number of rotatable bonds is 3. The third kappa shape index (κ3) is 3.14. The van der Waals surface area contributed by atoms with Crippen molar-refractivity contribution in [1.82, 2.24) is 0 Å². The largest absolute Gasteiger partial charge is 0.496 e. The van der Waals surface area contributed by atoms with Gasteiger partial charge >= 0.3 is 6.18 Å². The Labute approximate surface area is 115 Å². The van der Waals surface area contributed by atoms with E-state index in [1.165, 1.54) is 19.2 Å². The number of alkyl halides is 3. The standard InChI is InChI=1S/C15H17F3O2/c1-20-13-8-7-11(9-12(13)15(16,17)18)14(19)10-5-3-2-4-6-10/h7-10H,2-6H2,1H3. The van der Waals surface area contributed by atoms with E-state index in [1.54, 1.807) is 0 Å². The number of carbonyl (C=O) groups excluding carboxylic acids is 1. The number of methoxy groups -OCH3 is 1. The van der Waals surface area contributed by atoms with Gasteiger partial charge in [-0.2, -0.15) is 13.2 Å². The molecule has 1 aromatic rings. The zero-order chi connectivity index (χ0) is 14.8. The average Bonchev–Trinajstić information content (AvgIpc) is 2.46. The molecule has 0 N–H and O–H groups in total. The molecule has 5 heteroatoms. The lowest BCUT2D eigenvalue weighted by Gasteiger charge is -2.21. The van der Waals surface area contributed by atoms with E-state index < -0.39 is 11.7 Å². The maximum absolute atomic E-state index is 12.9. The minimum atomic E-state index is -4.52. The van der Waals surface area contributed by atoms with Crippen molar-refractivity contribution >= 4 is 5.78 Å². The van der Waals surface area contributed by atoms with Crippen LogP contribution >= 0.6 is 0 Å². The van der Waals surface area contributed by atoms with Crippen LogP contribution in [0.5, 0.6) is 5.75 Å². The highest BCUT2D eigenvalue weighted by atomic mass is 19.4. The molecule has 0 saturated heterocycles. The van der Waals surface area contributed by atoms with Crippen LogP contribution in [0.15, 0.2) is 18.2 Å². The van der Waals surface area contributed by atoms with Gasteiger partial charge in [-0.25, -0.2) is 0 Å². The molecule has 0 bridgehead atoms. The molecule has 0 atom stereocenters. The molecule has 1 aromatic carbocycles. The SMILES string of the molecule is COc1ccc(C(=O)C2CCCCC2)cc1C(F)(F)F. The first kappa shape index (κ1) is 14.9. The fourth-order valence-electron chi connectivity index (χ4n) is 2.68. The minimum Gasteiger partial charge on any atom is -0.496 e. The highest BCUT2D eigenvalue weighted by Crippen LogP contribution is 2.37. The zero-order valence-electron chi connectivity index (χ0n) is 11.3. The van der Waals surface area contributed by atoms with Gasteiger partial charge in [0.2, 0.25) is 0 Å². The van der Waals surface area contributed by atoms with Gasteiger partial charge in [-0.15, -0.1) is 0 Å². The van der Waals surface area contributed by atoms with Gasteiger partial charge in [-0.05, 0) is 31.0 Å². The van der Waals surface area contributed by atoms with Crippen molar-refractivity contribution in [3.8, 4) is 5.75 Å². The van der Waals surface area contributed by atoms with Crippen LogP contribution in [0, 0.1) is 5.92 Å². The Morgan fingerprint density at radius 2 is 1.85 bits per heavy atom. The van der Waals surface area contributed by atoms with Crippen LogP contribution in [0.4, 0.5) is 13.2 Å². The molecule has 1 aliphatic carbocycles. The normalized spacial score (nSPS) is 17.0. The van der Waals surface area contributed by atoms with Crippen molar-refractivity contribution in [3.05, 3.63) is 29.3 Å². The molecular weight excluding hydrogens is 269 g/mol. The molecule has 1 fully saturated rings. The molecule has 0 aliphatic heterocycles. The van der Waals surface area contributed by atoms with Crippen molar-refractivity contribution < 1.29 is 22.7 Å². The molecule has 0 aromatic heterocycles. The van der Waals surface area contributed by atoms with E-state index in [4.69, 9.17) is 4.74 Å². The summed E-state index contributed by atoms with van der Waals surface area (Å²) >= 11 is 0. The molecule has 2 rings (SSSR count). The predicted molar refractivity (Wildman–Crippen MR) is 68.9 cm³/mol. The molecule has 2 nitrogen and oxygen atoms in total. The summed E-state index contributed by atoms with van der Waals surface area (Å²) in [6.45, 7) is 0. The first-order chi connectivity index (χ1) is 9.43. The first-order valence-electron chi connectivity index (χ1n) is 6.73. The van der Waals surface area contributed by atoms with Crippen LogP contribution in [0.2, 0.25) is 0 Å². The summed E-state index contributed by atoms with van der Waals surface area (Å²) in [7, 11) is 1.19. The fourth-order valence-corrected chi connectivity index (χ4v) is 2.68. The summed E-state index contributed by atoms with van der Waals surface area (Å²) in [5.74, 6) is -0.575. The van der Waals surface area contributed by atoms with Crippen molar-refractivity contribution in [1.29, 1.82) is 0 Å². The predicted octanol–water partition coefficient (Wildman–Crippen LogP) is 4.48. The van der Waals surface area contributed by atoms with Gasteiger partial charge in [0, 0.05) is 11.5 Å². The van der Waals surface area contributed by atoms with E-state index in [9.17, 15) is 18.0 Å². The third-order valence-electron chi connectivity index (χ3n) is 3.77. The number of benzene rings is 1. The molecule has 20 heavy (non-hydrogen) atoms. The minimum absolute atomic E-state index is 0.130. The van der Waals surface area contributed by atoms with Crippen LogP contribution in [0.25, 0.3) is 0 Å². The Hall–Kier alpha value is -1.52. The third-order valence-corrected chi connectivity index (χ3v) is 3.77. The van der Waals surface area contributed by atoms with Crippen LogP contribution in [-0.2, 0) is 6.18 Å². The van der Waals surface area contributed by atoms with E-state index >= 15 is 0 Å². The fraction of sp³-hybridized carbons (Fsp3) is 0.533. The monoisotopic (exact) mass is 286 g/mol. The number of carbonyl (C=O) groups is 1. The van der Waals surface area contributed by atoms with E-state index in [0.29, 0.717) is 0 Å². The molecule has 1 aliphatic rings. The van der Waals surface area contributed by atoms with Gasteiger partial charge in [0.05, 0.1) is 12.7 Å². The summed E-state index contributed by atoms with van der Waals surface area (Å²) in [5, 5.41) is 0. The molecule has 1 saturated carbocycles. The first-order valence-corrected chi connectivity index (χ1v) is 6.73. The Kier molecular flexibility index (Phi) is 4.35. The van der Waals surface area contributed by atoms with E-state index in [-0.39, 0.29) is 23.0 Å². The van der Waals surface area contributed by atoms with Gasteiger partial charge < -0.3 is 4.74 Å². The molecule has 0 spiro atoms. The van der Waals surface area contributed by atoms with Crippen LogP contribution in [0.3, 0.4) is 0 Å². The van der Waals surface area contributed by atoms with Crippen molar-refractivity contribution in [2.45, 2.75) is 38.3 Å². The summed E-state index contributed by atoms with van der Waals surface area (Å²) in [5.41, 5.74) is -0.758. The Balaban J connectivity index is 2.30. The number of halogens is 3. The van der Waals surface area contributed by atoms with Crippen molar-refractivity contribution in [3.63, 3.8) is 0 Å². The summed E-state index contributed by atoms with van der Waals surface area (Å²) in [6, 6.07) is 3.56. The van der Waals surface area contributed by atoms with Crippen LogP contribution in [0.1, 0.15) is 48.0 Å². The van der Waals surface area contributed by atoms with Gasteiger partial charge in [0.15, 0.2) is 5.78 Å². The summed E-state index contributed by atoms with van der Waals surface area (Å²) in [4.78, 5) is 12.3. The number of hydrogen-bond acceptors (Lipinski definition) is 2. The number of Topliss-reactive ketones (excluding diaryl/α,β-unsaturated/α-hetero) is 1.